The van der Waals surface area contributed by atoms with Crippen molar-refractivity contribution in [2.24, 2.45) is 0 Å². The molecule has 0 saturated carbocycles. The zero-order chi connectivity index (χ0) is 13.1. The number of nitrogens with zero attached hydrogens (tertiary/aromatic N) is 1. The fraction of sp³-hybridized carbons (Fsp3) is 0.625. The van der Waals surface area contributed by atoms with E-state index in [9.17, 15) is 0 Å². The van der Waals surface area contributed by atoms with Crippen molar-refractivity contribution in [2.45, 2.75) is 52.7 Å². The van der Waals surface area contributed by atoms with Gasteiger partial charge in [-0.1, -0.05) is 25.1 Å². The molecule has 2 nitrogen and oxygen atoms in total. The number of piperazine rings is 1. The van der Waals surface area contributed by atoms with E-state index in [0.717, 1.165) is 13.1 Å². The minimum absolute atomic E-state index is 0.631. The van der Waals surface area contributed by atoms with Gasteiger partial charge in [0.25, 0.3) is 0 Å². The molecule has 0 aromatic heterocycles. The van der Waals surface area contributed by atoms with Gasteiger partial charge < -0.3 is 5.32 Å². The molecule has 0 aliphatic carbocycles. The van der Waals surface area contributed by atoms with Crippen molar-refractivity contribution >= 4 is 0 Å². The van der Waals surface area contributed by atoms with Gasteiger partial charge in [-0.15, -0.1) is 0 Å². The smallest absolute Gasteiger partial charge is 0.0243 e. The lowest BCUT2D eigenvalue weighted by atomic mass is 10.0. The second-order valence-electron chi connectivity index (χ2n) is 5.66. The summed E-state index contributed by atoms with van der Waals surface area (Å²) in [7, 11) is 0. The molecule has 1 fully saturated rings. The molecule has 2 rings (SSSR count). The third-order valence-electron chi connectivity index (χ3n) is 4.28. The van der Waals surface area contributed by atoms with E-state index in [0.29, 0.717) is 12.1 Å². The summed E-state index contributed by atoms with van der Waals surface area (Å²) in [4.78, 5) is 2.62. The van der Waals surface area contributed by atoms with Gasteiger partial charge in [0.1, 0.15) is 0 Å². The minimum atomic E-state index is 0.631. The minimum Gasteiger partial charge on any atom is -0.311 e. The summed E-state index contributed by atoms with van der Waals surface area (Å²) in [6, 6.07) is 7.90. The van der Waals surface area contributed by atoms with E-state index >= 15 is 0 Å². The Morgan fingerprint density at radius 2 is 1.94 bits per heavy atom. The highest BCUT2D eigenvalue weighted by atomic mass is 15.2. The first-order valence-electron chi connectivity index (χ1n) is 7.14. The number of benzene rings is 1. The molecular weight excluding hydrogens is 220 g/mol. The van der Waals surface area contributed by atoms with Gasteiger partial charge >= 0.3 is 0 Å². The molecule has 1 heterocycles. The van der Waals surface area contributed by atoms with Gasteiger partial charge in [0.05, 0.1) is 0 Å². The number of rotatable bonds is 3. The number of aryl methyl sites for hydroxylation is 2. The molecule has 2 unspecified atom stereocenters. The lowest BCUT2D eigenvalue weighted by Crippen LogP contribution is -2.54. The van der Waals surface area contributed by atoms with Crippen LogP contribution in [0.4, 0.5) is 0 Å². The maximum Gasteiger partial charge on any atom is 0.0243 e. The quantitative estimate of drug-likeness (QED) is 0.882. The van der Waals surface area contributed by atoms with Crippen molar-refractivity contribution in [1.82, 2.24) is 10.2 Å². The zero-order valence-corrected chi connectivity index (χ0v) is 12.2. The summed E-state index contributed by atoms with van der Waals surface area (Å²) in [5, 5.41) is 3.62. The maximum atomic E-state index is 3.62. The summed E-state index contributed by atoms with van der Waals surface area (Å²) < 4.78 is 0. The van der Waals surface area contributed by atoms with Gasteiger partial charge in [-0.2, -0.15) is 0 Å². The Morgan fingerprint density at radius 1 is 1.28 bits per heavy atom. The molecule has 18 heavy (non-hydrogen) atoms. The molecule has 2 atom stereocenters. The SMILES string of the molecule is CCC1CN(Cc2c(C)cccc2C)C(C)CN1. The molecule has 1 N–H and O–H groups in total. The van der Waals surface area contributed by atoms with Gasteiger partial charge in [-0.25, -0.2) is 0 Å². The summed E-state index contributed by atoms with van der Waals surface area (Å²) in [5.41, 5.74) is 4.36. The predicted octanol–water partition coefficient (Wildman–Crippen LogP) is 2.88. The second-order valence-corrected chi connectivity index (χ2v) is 5.66. The van der Waals surface area contributed by atoms with Crippen LogP contribution < -0.4 is 5.32 Å². The summed E-state index contributed by atoms with van der Waals surface area (Å²) in [6.07, 6.45) is 1.22. The van der Waals surface area contributed by atoms with Crippen LogP contribution in [0.25, 0.3) is 0 Å². The molecule has 0 bridgehead atoms. The molecule has 100 valence electrons. The third-order valence-corrected chi connectivity index (χ3v) is 4.28. The normalized spacial score (nSPS) is 25.3. The highest BCUT2D eigenvalue weighted by Gasteiger charge is 2.24. The van der Waals surface area contributed by atoms with Crippen LogP contribution in [0.15, 0.2) is 18.2 Å². The predicted molar refractivity (Wildman–Crippen MR) is 77.9 cm³/mol. The van der Waals surface area contributed by atoms with Crippen molar-refractivity contribution < 1.29 is 0 Å². The lowest BCUT2D eigenvalue weighted by Gasteiger charge is -2.39. The van der Waals surface area contributed by atoms with Gasteiger partial charge in [0, 0.05) is 31.7 Å². The first-order chi connectivity index (χ1) is 8.61. The van der Waals surface area contributed by atoms with Crippen molar-refractivity contribution in [3.8, 4) is 0 Å². The fourth-order valence-corrected chi connectivity index (χ4v) is 2.79. The third kappa shape index (κ3) is 2.93. The summed E-state index contributed by atoms with van der Waals surface area (Å²) in [6.45, 7) is 12.4. The Hall–Kier alpha value is -0.860. The standard InChI is InChI=1S/C16H26N2/c1-5-15-10-18(14(4)9-17-15)11-16-12(2)7-6-8-13(16)3/h6-8,14-15,17H,5,9-11H2,1-4H3. The number of nitrogens with one attached hydrogen (secondary N) is 1. The van der Waals surface area contributed by atoms with E-state index in [2.05, 4.69) is 56.1 Å². The van der Waals surface area contributed by atoms with E-state index < -0.39 is 0 Å². The molecule has 1 aromatic rings. The maximum absolute atomic E-state index is 3.62. The Balaban J connectivity index is 2.12. The van der Waals surface area contributed by atoms with E-state index in [-0.39, 0.29) is 0 Å². The van der Waals surface area contributed by atoms with Crippen LogP contribution in [-0.2, 0) is 6.54 Å². The van der Waals surface area contributed by atoms with Crippen LogP contribution in [0.2, 0.25) is 0 Å². The van der Waals surface area contributed by atoms with E-state index in [4.69, 9.17) is 0 Å². The van der Waals surface area contributed by atoms with E-state index in [1.807, 2.05) is 0 Å². The highest BCUT2D eigenvalue weighted by molar-refractivity contribution is 5.33. The van der Waals surface area contributed by atoms with Crippen molar-refractivity contribution in [3.05, 3.63) is 34.9 Å². The Bertz CT molecular complexity index is 380. The lowest BCUT2D eigenvalue weighted by molar-refractivity contribution is 0.131. The molecule has 2 heteroatoms. The largest absolute Gasteiger partial charge is 0.311 e. The van der Waals surface area contributed by atoms with Crippen LogP contribution in [0.3, 0.4) is 0 Å². The van der Waals surface area contributed by atoms with Crippen LogP contribution in [-0.4, -0.2) is 30.1 Å². The molecule has 1 aliphatic rings. The monoisotopic (exact) mass is 246 g/mol. The molecular formula is C16H26N2. The van der Waals surface area contributed by atoms with Crippen LogP contribution in [0.1, 0.15) is 37.0 Å². The Labute approximate surface area is 111 Å². The van der Waals surface area contributed by atoms with Gasteiger partial charge in [0.2, 0.25) is 0 Å². The fourth-order valence-electron chi connectivity index (χ4n) is 2.79. The zero-order valence-electron chi connectivity index (χ0n) is 12.2. The first-order valence-corrected chi connectivity index (χ1v) is 7.14. The molecule has 0 radical (unpaired) electrons. The van der Waals surface area contributed by atoms with Crippen molar-refractivity contribution in [3.63, 3.8) is 0 Å². The molecule has 1 aromatic carbocycles. The van der Waals surface area contributed by atoms with Gasteiger partial charge in [-0.3, -0.25) is 4.90 Å². The van der Waals surface area contributed by atoms with Gasteiger partial charge in [0.15, 0.2) is 0 Å². The molecule has 1 aliphatic heterocycles. The van der Waals surface area contributed by atoms with Crippen LogP contribution >= 0.6 is 0 Å². The van der Waals surface area contributed by atoms with Crippen LogP contribution in [0, 0.1) is 13.8 Å². The van der Waals surface area contributed by atoms with Crippen molar-refractivity contribution in [1.29, 1.82) is 0 Å². The average Bonchev–Trinajstić information content (AvgIpc) is 2.36. The Morgan fingerprint density at radius 3 is 2.56 bits per heavy atom. The summed E-state index contributed by atoms with van der Waals surface area (Å²) >= 11 is 0. The number of hydrogen-bond donors (Lipinski definition) is 1. The van der Waals surface area contributed by atoms with Crippen molar-refractivity contribution in [2.75, 3.05) is 13.1 Å². The summed E-state index contributed by atoms with van der Waals surface area (Å²) in [5.74, 6) is 0. The molecule has 0 amide bonds. The van der Waals surface area contributed by atoms with Gasteiger partial charge in [-0.05, 0) is 43.9 Å². The number of hydrogen-bond acceptors (Lipinski definition) is 2. The Kier molecular flexibility index (Phi) is 4.41. The molecule has 1 saturated heterocycles. The topological polar surface area (TPSA) is 15.3 Å². The van der Waals surface area contributed by atoms with E-state index in [1.54, 1.807) is 0 Å². The average molecular weight is 246 g/mol. The second kappa shape index (κ2) is 5.85. The highest BCUT2D eigenvalue weighted by Crippen LogP contribution is 2.19. The molecule has 0 spiro atoms. The van der Waals surface area contributed by atoms with E-state index in [1.165, 1.54) is 29.7 Å². The van der Waals surface area contributed by atoms with Crippen LogP contribution in [0.5, 0.6) is 0 Å². The first kappa shape index (κ1) is 13.6.